The molecule has 0 unspecified atom stereocenters. The Balaban J connectivity index is 1.88. The highest BCUT2D eigenvalue weighted by molar-refractivity contribution is 5.70. The average molecular weight is 396 g/mol. The zero-order valence-electron chi connectivity index (χ0n) is 17.5. The van der Waals surface area contributed by atoms with Gasteiger partial charge in [0.2, 0.25) is 0 Å². The first-order chi connectivity index (χ1) is 13.7. The first-order valence-electron chi connectivity index (χ1n) is 9.59. The molecule has 3 rings (SSSR count). The maximum absolute atomic E-state index is 10.2. The van der Waals surface area contributed by atoms with E-state index in [2.05, 4.69) is 0 Å². The van der Waals surface area contributed by atoms with Gasteiger partial charge in [0.15, 0.2) is 0 Å². The predicted molar refractivity (Wildman–Crippen MR) is 114 cm³/mol. The van der Waals surface area contributed by atoms with Crippen LogP contribution in [-0.4, -0.2) is 29.5 Å². The molecule has 5 nitrogen and oxygen atoms in total. The number of rotatable bonds is 6. The summed E-state index contributed by atoms with van der Waals surface area (Å²) in [5.41, 5.74) is 3.43. The molecule has 0 bridgehead atoms. The normalized spacial score (nSPS) is 16.0. The van der Waals surface area contributed by atoms with Gasteiger partial charge in [-0.25, -0.2) is 0 Å². The summed E-state index contributed by atoms with van der Waals surface area (Å²) < 4.78 is 17.5. The lowest BCUT2D eigenvalue weighted by Gasteiger charge is -2.29. The van der Waals surface area contributed by atoms with Crippen molar-refractivity contribution in [3.63, 3.8) is 0 Å². The Labute approximate surface area is 171 Å². The number of benzene rings is 2. The van der Waals surface area contributed by atoms with Crippen LogP contribution in [0.15, 0.2) is 42.7 Å². The standard InChI is InChI=1S/C24H28O5/c1-15-6-7-19(21(26)10-15)18(13-25)14-28-16(2)20-11-17-8-9-24(3,4)29-22(17)12-23(20)27-5/h6-12,14,16,25-26H,13H2,1-5H3/t16-/m0/s1. The molecule has 5 heteroatoms. The van der Waals surface area contributed by atoms with Crippen molar-refractivity contribution in [3.05, 3.63) is 64.9 Å². The van der Waals surface area contributed by atoms with E-state index >= 15 is 0 Å². The van der Waals surface area contributed by atoms with Gasteiger partial charge in [-0.15, -0.1) is 0 Å². The highest BCUT2D eigenvalue weighted by atomic mass is 16.5. The quantitative estimate of drug-likeness (QED) is 0.672. The Hall–Kier alpha value is -2.92. The fraction of sp³-hybridized carbons (Fsp3) is 0.333. The molecule has 0 saturated heterocycles. The Kier molecular flexibility index (Phi) is 5.89. The van der Waals surface area contributed by atoms with Crippen molar-refractivity contribution in [2.45, 2.75) is 39.4 Å². The number of aromatic hydroxyl groups is 1. The van der Waals surface area contributed by atoms with Crippen LogP contribution < -0.4 is 9.47 Å². The third kappa shape index (κ3) is 4.57. The van der Waals surface area contributed by atoms with Crippen LogP contribution in [-0.2, 0) is 4.74 Å². The number of fused-ring (bicyclic) bond motifs is 1. The summed E-state index contributed by atoms with van der Waals surface area (Å²) in [6.07, 6.45) is 5.20. The average Bonchev–Trinajstić information content (AvgIpc) is 2.67. The molecule has 1 atom stereocenters. The van der Waals surface area contributed by atoms with Crippen molar-refractivity contribution in [3.8, 4) is 17.2 Å². The highest BCUT2D eigenvalue weighted by Gasteiger charge is 2.24. The van der Waals surface area contributed by atoms with E-state index < -0.39 is 0 Å². The fourth-order valence-corrected chi connectivity index (χ4v) is 3.27. The number of aliphatic hydroxyl groups is 1. The van der Waals surface area contributed by atoms with Crippen LogP contribution >= 0.6 is 0 Å². The first-order valence-corrected chi connectivity index (χ1v) is 9.59. The summed E-state index contributed by atoms with van der Waals surface area (Å²) in [5.74, 6) is 1.54. The number of phenols is 1. The Morgan fingerprint density at radius 1 is 1.24 bits per heavy atom. The molecule has 1 aliphatic rings. The molecule has 0 radical (unpaired) electrons. The zero-order chi connectivity index (χ0) is 21.2. The van der Waals surface area contributed by atoms with Crippen LogP contribution in [0.5, 0.6) is 17.2 Å². The van der Waals surface area contributed by atoms with Gasteiger partial charge in [-0.1, -0.05) is 18.2 Å². The number of aryl methyl sites for hydroxylation is 1. The molecule has 0 fully saturated rings. The maximum atomic E-state index is 10.2. The lowest BCUT2D eigenvalue weighted by molar-refractivity contribution is 0.153. The molecule has 2 aromatic rings. The van der Waals surface area contributed by atoms with Crippen LogP contribution in [0.1, 0.15) is 49.1 Å². The summed E-state index contributed by atoms with van der Waals surface area (Å²) in [5, 5.41) is 19.9. The van der Waals surface area contributed by atoms with Crippen LogP contribution in [0.2, 0.25) is 0 Å². The Bertz CT molecular complexity index is 956. The molecule has 0 aromatic heterocycles. The number of methoxy groups -OCH3 is 1. The van der Waals surface area contributed by atoms with E-state index in [1.54, 1.807) is 19.2 Å². The Morgan fingerprint density at radius 2 is 2.00 bits per heavy atom. The van der Waals surface area contributed by atoms with Gasteiger partial charge in [0.1, 0.15) is 29.0 Å². The largest absolute Gasteiger partial charge is 0.507 e. The molecule has 1 heterocycles. The van der Waals surface area contributed by atoms with Gasteiger partial charge in [-0.3, -0.25) is 0 Å². The first kappa shape index (κ1) is 20.8. The number of ether oxygens (including phenoxy) is 3. The second-order valence-electron chi connectivity index (χ2n) is 7.77. The molecular weight excluding hydrogens is 368 g/mol. The van der Waals surface area contributed by atoms with Gasteiger partial charge in [-0.2, -0.15) is 0 Å². The van der Waals surface area contributed by atoms with Crippen LogP contribution in [0.3, 0.4) is 0 Å². The van der Waals surface area contributed by atoms with E-state index in [-0.39, 0.29) is 24.1 Å². The van der Waals surface area contributed by atoms with Crippen molar-refractivity contribution in [2.24, 2.45) is 0 Å². The van der Waals surface area contributed by atoms with E-state index in [0.29, 0.717) is 16.9 Å². The second kappa shape index (κ2) is 8.21. The van der Waals surface area contributed by atoms with Gasteiger partial charge in [0.25, 0.3) is 0 Å². The van der Waals surface area contributed by atoms with Gasteiger partial charge >= 0.3 is 0 Å². The minimum Gasteiger partial charge on any atom is -0.507 e. The number of hydrogen-bond acceptors (Lipinski definition) is 5. The van der Waals surface area contributed by atoms with E-state index in [1.807, 2.05) is 58.0 Å². The Morgan fingerprint density at radius 3 is 2.66 bits per heavy atom. The summed E-state index contributed by atoms with van der Waals surface area (Å²) >= 11 is 0. The molecule has 0 saturated carbocycles. The van der Waals surface area contributed by atoms with E-state index in [9.17, 15) is 10.2 Å². The third-order valence-electron chi connectivity index (χ3n) is 4.92. The smallest absolute Gasteiger partial charge is 0.131 e. The molecule has 154 valence electrons. The van der Waals surface area contributed by atoms with Crippen LogP contribution in [0, 0.1) is 6.92 Å². The van der Waals surface area contributed by atoms with Crippen molar-refractivity contribution in [2.75, 3.05) is 13.7 Å². The topological polar surface area (TPSA) is 68.2 Å². The predicted octanol–water partition coefficient (Wildman–Crippen LogP) is 5.00. The fourth-order valence-electron chi connectivity index (χ4n) is 3.27. The molecule has 0 spiro atoms. The van der Waals surface area contributed by atoms with Crippen molar-refractivity contribution in [1.82, 2.24) is 0 Å². The minimum absolute atomic E-state index is 0.109. The summed E-state index contributed by atoms with van der Waals surface area (Å²) in [4.78, 5) is 0. The number of hydrogen-bond donors (Lipinski definition) is 2. The third-order valence-corrected chi connectivity index (χ3v) is 4.92. The van der Waals surface area contributed by atoms with Gasteiger partial charge in [0.05, 0.1) is 20.0 Å². The lowest BCUT2D eigenvalue weighted by atomic mass is 9.98. The van der Waals surface area contributed by atoms with Crippen molar-refractivity contribution in [1.29, 1.82) is 0 Å². The van der Waals surface area contributed by atoms with E-state index in [0.717, 1.165) is 22.4 Å². The van der Waals surface area contributed by atoms with E-state index in [1.165, 1.54) is 6.26 Å². The zero-order valence-corrected chi connectivity index (χ0v) is 17.5. The molecule has 29 heavy (non-hydrogen) atoms. The summed E-state index contributed by atoms with van der Waals surface area (Å²) in [6.45, 7) is 7.55. The molecule has 2 aromatic carbocycles. The molecule has 1 aliphatic heterocycles. The van der Waals surface area contributed by atoms with Gasteiger partial charge < -0.3 is 24.4 Å². The van der Waals surface area contributed by atoms with Crippen molar-refractivity contribution >= 4 is 11.6 Å². The maximum Gasteiger partial charge on any atom is 0.131 e. The number of aliphatic hydroxyl groups excluding tert-OH is 1. The molecule has 0 aliphatic carbocycles. The van der Waals surface area contributed by atoms with Crippen LogP contribution in [0.4, 0.5) is 0 Å². The minimum atomic E-state index is -0.365. The van der Waals surface area contributed by atoms with E-state index in [4.69, 9.17) is 14.2 Å². The summed E-state index contributed by atoms with van der Waals surface area (Å²) in [6, 6.07) is 9.16. The molecule has 0 amide bonds. The molecule has 2 N–H and O–H groups in total. The SMILES string of the molecule is COc1cc2c(cc1[C@H](C)OC=C(CO)c1ccc(C)cc1O)C=CC(C)(C)O2. The van der Waals surface area contributed by atoms with Crippen LogP contribution in [0.25, 0.3) is 11.6 Å². The second-order valence-corrected chi connectivity index (χ2v) is 7.77. The highest BCUT2D eigenvalue weighted by Crippen LogP contribution is 2.39. The monoisotopic (exact) mass is 396 g/mol. The lowest BCUT2D eigenvalue weighted by Crippen LogP contribution is -2.27. The number of phenolic OH excluding ortho intramolecular Hbond substituents is 1. The van der Waals surface area contributed by atoms with Gasteiger partial charge in [-0.05, 0) is 51.5 Å². The summed E-state index contributed by atoms with van der Waals surface area (Å²) in [7, 11) is 1.61. The van der Waals surface area contributed by atoms with Gasteiger partial charge in [0, 0.05) is 28.3 Å². The van der Waals surface area contributed by atoms with Crippen molar-refractivity contribution < 1.29 is 24.4 Å². The molecular formula is C24H28O5.